The highest BCUT2D eigenvalue weighted by Crippen LogP contribution is 2.12. The Morgan fingerprint density at radius 3 is 2.80 bits per heavy atom. The normalized spacial score (nSPS) is 8.90. The number of thiocarbonyl (C=S) groups is 1. The SMILES string of the molecule is S=CNc1nccnc1Cl. The number of nitrogens with one attached hydrogen (secondary N) is 1. The first kappa shape index (κ1) is 7.37. The Morgan fingerprint density at radius 1 is 1.50 bits per heavy atom. The Bertz CT molecular complexity index is 240. The van der Waals surface area contributed by atoms with Crippen LogP contribution < -0.4 is 5.32 Å². The van der Waals surface area contributed by atoms with Crippen LogP contribution in [0.1, 0.15) is 0 Å². The second kappa shape index (κ2) is 3.43. The number of halogens is 1. The largest absolute Gasteiger partial charge is 0.335 e. The summed E-state index contributed by atoms with van der Waals surface area (Å²) in [7, 11) is 0. The lowest BCUT2D eigenvalue weighted by molar-refractivity contribution is 1.21. The van der Waals surface area contributed by atoms with Gasteiger partial charge in [-0.2, -0.15) is 0 Å². The van der Waals surface area contributed by atoms with E-state index < -0.39 is 0 Å². The van der Waals surface area contributed by atoms with Crippen LogP contribution in [0.25, 0.3) is 0 Å². The summed E-state index contributed by atoms with van der Waals surface area (Å²) in [6.07, 6.45) is 3.05. The van der Waals surface area contributed by atoms with Gasteiger partial charge in [0.1, 0.15) is 0 Å². The lowest BCUT2D eigenvalue weighted by Crippen LogP contribution is -1.96. The maximum Gasteiger partial charge on any atom is 0.171 e. The van der Waals surface area contributed by atoms with Gasteiger partial charge in [0, 0.05) is 12.4 Å². The molecule has 0 amide bonds. The summed E-state index contributed by atoms with van der Waals surface area (Å²) in [4.78, 5) is 7.64. The average molecular weight is 174 g/mol. The molecule has 0 spiro atoms. The third-order valence-electron chi connectivity index (χ3n) is 0.849. The van der Waals surface area contributed by atoms with Crippen molar-refractivity contribution in [2.75, 3.05) is 5.32 Å². The van der Waals surface area contributed by atoms with Gasteiger partial charge in [0.2, 0.25) is 0 Å². The Morgan fingerprint density at radius 2 is 2.20 bits per heavy atom. The fourth-order valence-corrected chi connectivity index (χ4v) is 0.745. The Balaban J connectivity index is 2.91. The summed E-state index contributed by atoms with van der Waals surface area (Å²) >= 11 is 10.1. The Kier molecular flexibility index (Phi) is 2.53. The molecule has 0 fully saturated rings. The van der Waals surface area contributed by atoms with Gasteiger partial charge in [-0.05, 0) is 0 Å². The average Bonchev–Trinajstić information content (AvgIpc) is 1.94. The molecule has 0 unspecified atom stereocenters. The Labute approximate surface area is 68.4 Å². The van der Waals surface area contributed by atoms with E-state index in [1.165, 1.54) is 17.9 Å². The fourth-order valence-electron chi connectivity index (χ4n) is 0.474. The van der Waals surface area contributed by atoms with E-state index >= 15 is 0 Å². The Hall–Kier alpha value is -0.740. The standard InChI is InChI=1S/C5H4ClN3S/c6-4-5(9-3-10)8-2-1-7-4/h1-3H,(H,8,9,10). The molecule has 0 aliphatic carbocycles. The van der Waals surface area contributed by atoms with E-state index in [4.69, 9.17) is 11.6 Å². The van der Waals surface area contributed by atoms with Crippen molar-refractivity contribution >= 4 is 35.1 Å². The number of aromatic nitrogens is 2. The minimum atomic E-state index is 0.323. The van der Waals surface area contributed by atoms with Crippen LogP contribution in [0.3, 0.4) is 0 Å². The van der Waals surface area contributed by atoms with E-state index in [1.54, 1.807) is 0 Å². The van der Waals surface area contributed by atoms with Crippen LogP contribution in [0.4, 0.5) is 5.82 Å². The van der Waals surface area contributed by atoms with Crippen LogP contribution in [0.15, 0.2) is 12.4 Å². The van der Waals surface area contributed by atoms with E-state index in [0.29, 0.717) is 11.0 Å². The van der Waals surface area contributed by atoms with Crippen molar-refractivity contribution in [3.05, 3.63) is 17.5 Å². The van der Waals surface area contributed by atoms with Crippen LogP contribution in [0, 0.1) is 0 Å². The first-order valence-corrected chi connectivity index (χ1v) is 3.36. The van der Waals surface area contributed by atoms with Gasteiger partial charge in [-0.15, -0.1) is 0 Å². The third kappa shape index (κ3) is 1.62. The minimum Gasteiger partial charge on any atom is -0.335 e. The van der Waals surface area contributed by atoms with Crippen LogP contribution in [0.5, 0.6) is 0 Å². The van der Waals surface area contributed by atoms with Gasteiger partial charge >= 0.3 is 0 Å². The van der Waals surface area contributed by atoms with Gasteiger partial charge in [0.25, 0.3) is 0 Å². The van der Waals surface area contributed by atoms with E-state index in [-0.39, 0.29) is 0 Å². The monoisotopic (exact) mass is 173 g/mol. The number of hydrogen-bond donors (Lipinski definition) is 1. The first-order chi connectivity index (χ1) is 4.84. The number of anilines is 1. The van der Waals surface area contributed by atoms with Crippen molar-refractivity contribution in [2.45, 2.75) is 0 Å². The number of nitrogens with zero attached hydrogens (tertiary/aromatic N) is 2. The maximum atomic E-state index is 5.60. The van der Waals surface area contributed by atoms with E-state index in [9.17, 15) is 0 Å². The lowest BCUT2D eigenvalue weighted by Gasteiger charge is -1.97. The van der Waals surface area contributed by atoms with Crippen molar-refractivity contribution in [1.29, 1.82) is 0 Å². The summed E-state index contributed by atoms with van der Waals surface area (Å²) in [6.45, 7) is 0. The van der Waals surface area contributed by atoms with Gasteiger partial charge < -0.3 is 5.32 Å². The van der Waals surface area contributed by atoms with Crippen LogP contribution >= 0.6 is 23.8 Å². The molecule has 1 heterocycles. The smallest absolute Gasteiger partial charge is 0.171 e. The second-order valence-corrected chi connectivity index (χ2v) is 2.05. The van der Waals surface area contributed by atoms with Crippen molar-refractivity contribution < 1.29 is 0 Å². The van der Waals surface area contributed by atoms with Crippen LogP contribution in [-0.2, 0) is 0 Å². The molecule has 3 nitrogen and oxygen atoms in total. The number of rotatable bonds is 2. The molecule has 0 aliphatic heterocycles. The molecular formula is C5H4ClN3S. The molecule has 10 heavy (non-hydrogen) atoms. The first-order valence-electron chi connectivity index (χ1n) is 2.51. The van der Waals surface area contributed by atoms with Crippen molar-refractivity contribution in [1.82, 2.24) is 9.97 Å². The zero-order valence-electron chi connectivity index (χ0n) is 4.91. The molecule has 0 aromatic carbocycles. The summed E-state index contributed by atoms with van der Waals surface area (Å²) in [6, 6.07) is 0. The molecule has 1 rings (SSSR count). The van der Waals surface area contributed by atoms with Gasteiger partial charge in [0.15, 0.2) is 11.0 Å². The maximum absolute atomic E-state index is 5.60. The topological polar surface area (TPSA) is 37.8 Å². The summed E-state index contributed by atoms with van der Waals surface area (Å²) in [5, 5.41) is 2.98. The summed E-state index contributed by atoms with van der Waals surface area (Å²) in [5.41, 5.74) is 1.33. The quantitative estimate of drug-likeness (QED) is 0.688. The van der Waals surface area contributed by atoms with Gasteiger partial charge in [-0.1, -0.05) is 23.8 Å². The predicted octanol–water partition coefficient (Wildman–Crippen LogP) is 1.50. The fraction of sp³-hybridized carbons (Fsp3) is 0. The van der Waals surface area contributed by atoms with Gasteiger partial charge in [-0.3, -0.25) is 0 Å². The van der Waals surface area contributed by atoms with Crippen molar-refractivity contribution in [3.63, 3.8) is 0 Å². The van der Waals surface area contributed by atoms with E-state index in [0.717, 1.165) is 0 Å². The highest BCUT2D eigenvalue weighted by molar-refractivity contribution is 7.79. The highest BCUT2D eigenvalue weighted by atomic mass is 35.5. The van der Waals surface area contributed by atoms with Gasteiger partial charge in [-0.25, -0.2) is 9.97 Å². The molecule has 1 N–H and O–H groups in total. The highest BCUT2D eigenvalue weighted by Gasteiger charge is 1.96. The molecule has 0 bridgehead atoms. The van der Waals surface area contributed by atoms with E-state index in [1.807, 2.05) is 0 Å². The molecule has 52 valence electrons. The molecule has 1 aromatic heterocycles. The molecule has 0 aliphatic rings. The molecule has 0 atom stereocenters. The molecule has 0 saturated carbocycles. The summed E-state index contributed by atoms with van der Waals surface area (Å²) < 4.78 is 0. The van der Waals surface area contributed by atoms with Crippen molar-refractivity contribution in [3.8, 4) is 0 Å². The van der Waals surface area contributed by atoms with E-state index in [2.05, 4.69) is 27.5 Å². The van der Waals surface area contributed by atoms with Crippen LogP contribution in [-0.4, -0.2) is 15.5 Å². The second-order valence-electron chi connectivity index (χ2n) is 1.46. The molecule has 0 radical (unpaired) electrons. The van der Waals surface area contributed by atoms with Crippen molar-refractivity contribution in [2.24, 2.45) is 0 Å². The lowest BCUT2D eigenvalue weighted by atomic mass is 10.7. The molecular weight excluding hydrogens is 170 g/mol. The zero-order valence-corrected chi connectivity index (χ0v) is 6.49. The predicted molar refractivity (Wildman–Crippen MR) is 44.3 cm³/mol. The molecule has 0 saturated heterocycles. The summed E-state index contributed by atoms with van der Waals surface area (Å²) in [5.74, 6) is 0.485. The van der Waals surface area contributed by atoms with Gasteiger partial charge in [0.05, 0.1) is 5.49 Å². The molecule has 1 aromatic rings. The minimum absolute atomic E-state index is 0.323. The third-order valence-corrected chi connectivity index (χ3v) is 1.24. The number of hydrogen-bond acceptors (Lipinski definition) is 3. The zero-order chi connectivity index (χ0) is 7.40. The van der Waals surface area contributed by atoms with Crippen LogP contribution in [0.2, 0.25) is 5.15 Å². The molecule has 5 heteroatoms.